The summed E-state index contributed by atoms with van der Waals surface area (Å²) in [6, 6.07) is -0.188. The van der Waals surface area contributed by atoms with Crippen molar-refractivity contribution >= 4 is 0 Å². The number of fused-ring (bicyclic) bond motifs is 3. The second-order valence-corrected chi connectivity index (χ2v) is 10.9. The Morgan fingerprint density at radius 2 is 2.00 bits per heavy atom. The third-order valence-corrected chi connectivity index (χ3v) is 10.8. The molecule has 4 saturated heterocycles. The molecule has 9 bridgehead atoms. The second-order valence-electron chi connectivity index (χ2n) is 10.9. The molecule has 9 aliphatic rings. The van der Waals surface area contributed by atoms with E-state index >= 15 is 0 Å². The monoisotopic (exact) mass is 393 g/mol. The molecule has 0 aromatic heterocycles. The van der Waals surface area contributed by atoms with E-state index in [0.717, 1.165) is 19.3 Å². The van der Waals surface area contributed by atoms with Crippen LogP contribution in [-0.4, -0.2) is 77.9 Å². The molecule has 5 aliphatic carbocycles. The van der Waals surface area contributed by atoms with Crippen molar-refractivity contribution in [1.82, 2.24) is 5.32 Å². The number of hydrogen-bond acceptors (Lipinski definition) is 7. The summed E-state index contributed by atoms with van der Waals surface area (Å²) in [6.45, 7) is 0.606. The van der Waals surface area contributed by atoms with Gasteiger partial charge in [0, 0.05) is 49.3 Å². The molecule has 13 atom stereocenters. The summed E-state index contributed by atoms with van der Waals surface area (Å²) in [5.74, 6) is 0.0926. The first-order valence-corrected chi connectivity index (χ1v) is 10.9. The van der Waals surface area contributed by atoms with Gasteiger partial charge in [0.2, 0.25) is 0 Å². The lowest BCUT2D eigenvalue weighted by Crippen LogP contribution is -2.86. The number of nitrogens with one attached hydrogen (secondary N) is 1. The molecule has 28 heavy (non-hydrogen) atoms. The number of aliphatic hydroxyl groups is 3. The maximum atomic E-state index is 12.2. The minimum absolute atomic E-state index is 0.0213. The van der Waals surface area contributed by atoms with Gasteiger partial charge in [-0.3, -0.25) is 5.32 Å². The largest absolute Gasteiger partial charge is 0.392 e. The van der Waals surface area contributed by atoms with Crippen molar-refractivity contribution in [3.05, 3.63) is 0 Å². The Morgan fingerprint density at radius 1 is 1.18 bits per heavy atom. The Balaban J connectivity index is 1.48. The molecule has 4 heterocycles. The Labute approximate surface area is 164 Å². The van der Waals surface area contributed by atoms with Crippen LogP contribution >= 0.6 is 0 Å². The number of hydrogen-bond donors (Lipinski definition) is 4. The van der Waals surface area contributed by atoms with Gasteiger partial charge < -0.3 is 29.5 Å². The number of rotatable bonds is 3. The molecule has 156 valence electrons. The van der Waals surface area contributed by atoms with Crippen LogP contribution in [0.5, 0.6) is 0 Å². The minimum Gasteiger partial charge on any atom is -0.392 e. The SMILES string of the molecule is COC[C@]12CC[C@@H]3OC1NC1[C@@]34[C@@H]3C[C@H]5[C@H](O)[C@@H]3[C@](O)(C[C@@H]5OC)[C@@]1(O)C[C@H]24. The minimum atomic E-state index is -1.33. The Bertz CT molecular complexity index is 746. The van der Waals surface area contributed by atoms with Crippen LogP contribution in [0.2, 0.25) is 0 Å². The zero-order valence-corrected chi connectivity index (χ0v) is 16.5. The molecule has 0 aromatic carbocycles. The van der Waals surface area contributed by atoms with Crippen molar-refractivity contribution in [2.24, 2.45) is 34.5 Å². The molecule has 0 radical (unpaired) electrons. The van der Waals surface area contributed by atoms with E-state index in [1.54, 1.807) is 14.2 Å². The fourth-order valence-electron chi connectivity index (χ4n) is 10.2. The summed E-state index contributed by atoms with van der Waals surface area (Å²) in [6.07, 6.45) is 2.91. The summed E-state index contributed by atoms with van der Waals surface area (Å²) in [5, 5.41) is 39.2. The Kier molecular flexibility index (Phi) is 2.98. The van der Waals surface area contributed by atoms with Gasteiger partial charge in [0.05, 0.1) is 24.9 Å². The first-order valence-electron chi connectivity index (χ1n) is 10.9. The lowest BCUT2D eigenvalue weighted by molar-refractivity contribution is -0.367. The normalized spacial score (nSPS) is 70.0. The van der Waals surface area contributed by atoms with E-state index < -0.39 is 17.3 Å². The van der Waals surface area contributed by atoms with Crippen LogP contribution in [0, 0.1) is 34.5 Å². The number of ether oxygens (including phenoxy) is 3. The molecule has 7 heteroatoms. The zero-order chi connectivity index (χ0) is 19.3. The predicted octanol–water partition coefficient (Wildman–Crippen LogP) is -0.376. The van der Waals surface area contributed by atoms with Crippen molar-refractivity contribution in [3.8, 4) is 0 Å². The summed E-state index contributed by atoms with van der Waals surface area (Å²) in [7, 11) is 3.40. The summed E-state index contributed by atoms with van der Waals surface area (Å²) >= 11 is 0. The summed E-state index contributed by atoms with van der Waals surface area (Å²) in [4.78, 5) is 0. The van der Waals surface area contributed by atoms with Crippen LogP contribution in [0.15, 0.2) is 0 Å². The average molecular weight is 393 g/mol. The van der Waals surface area contributed by atoms with Gasteiger partial charge in [-0.15, -0.1) is 0 Å². The lowest BCUT2D eigenvalue weighted by Gasteiger charge is -2.74. The highest BCUT2D eigenvalue weighted by Crippen LogP contribution is 2.81. The number of piperidine rings is 1. The topological polar surface area (TPSA) is 100 Å². The molecule has 2 unspecified atom stereocenters. The van der Waals surface area contributed by atoms with Gasteiger partial charge in [-0.2, -0.15) is 0 Å². The molecule has 9 rings (SSSR count). The van der Waals surface area contributed by atoms with Gasteiger partial charge in [-0.25, -0.2) is 0 Å². The summed E-state index contributed by atoms with van der Waals surface area (Å²) < 4.78 is 18.0. The molecule has 0 amide bonds. The van der Waals surface area contributed by atoms with Crippen LogP contribution in [0.3, 0.4) is 0 Å². The fourth-order valence-corrected chi connectivity index (χ4v) is 10.2. The lowest BCUT2D eigenvalue weighted by atomic mass is 9.41. The van der Waals surface area contributed by atoms with Gasteiger partial charge in [0.15, 0.2) is 0 Å². The van der Waals surface area contributed by atoms with Crippen LogP contribution in [-0.2, 0) is 14.2 Å². The van der Waals surface area contributed by atoms with Gasteiger partial charge in [-0.1, -0.05) is 0 Å². The van der Waals surface area contributed by atoms with E-state index in [1.165, 1.54) is 0 Å². The van der Waals surface area contributed by atoms with E-state index in [4.69, 9.17) is 14.2 Å². The third kappa shape index (κ3) is 1.38. The van der Waals surface area contributed by atoms with Crippen molar-refractivity contribution in [2.45, 2.75) is 73.9 Å². The third-order valence-electron chi connectivity index (χ3n) is 10.8. The van der Waals surface area contributed by atoms with Crippen LogP contribution in [0.1, 0.15) is 32.1 Å². The van der Waals surface area contributed by atoms with Gasteiger partial charge in [0.1, 0.15) is 17.4 Å². The first-order chi connectivity index (χ1) is 13.4. The van der Waals surface area contributed by atoms with Crippen molar-refractivity contribution in [2.75, 3.05) is 20.8 Å². The molecule has 1 spiro atoms. The highest BCUT2D eigenvalue weighted by atomic mass is 16.5. The highest BCUT2D eigenvalue weighted by Gasteiger charge is 2.90. The van der Waals surface area contributed by atoms with E-state index in [9.17, 15) is 15.3 Å². The average Bonchev–Trinajstić information content (AvgIpc) is 3.06. The standard InChI is InChI=1S/C21H31NO6/c1-26-8-18-4-3-13-21-10-5-9-11(27-2)6-19(24,14(10)15(9)23)20(25,7-12(18)21)16(21)22-17(18)28-13/h9-17,22-25H,3-8H2,1-2H3/t9-,10-,11+,12-,13+,14-,15+,16?,17?,18+,19-,20-,21-/m1/s1. The molecular formula is C21H31NO6. The fraction of sp³-hybridized carbons (Fsp3) is 1.00. The van der Waals surface area contributed by atoms with E-state index in [-0.39, 0.29) is 59.0 Å². The van der Waals surface area contributed by atoms with E-state index in [1.807, 2.05) is 0 Å². The number of methoxy groups -OCH3 is 2. The number of aliphatic hydroxyl groups excluding tert-OH is 1. The molecular weight excluding hydrogens is 362 g/mol. The van der Waals surface area contributed by atoms with Gasteiger partial charge >= 0.3 is 0 Å². The highest BCUT2D eigenvalue weighted by molar-refractivity contribution is 5.40. The van der Waals surface area contributed by atoms with E-state index in [2.05, 4.69) is 5.32 Å². The molecule has 4 N–H and O–H groups in total. The van der Waals surface area contributed by atoms with Gasteiger partial charge in [0.25, 0.3) is 0 Å². The van der Waals surface area contributed by atoms with Crippen LogP contribution in [0.25, 0.3) is 0 Å². The second kappa shape index (κ2) is 4.79. The summed E-state index contributed by atoms with van der Waals surface area (Å²) in [5.41, 5.74) is -3.01. The Morgan fingerprint density at radius 3 is 2.75 bits per heavy atom. The zero-order valence-electron chi connectivity index (χ0n) is 16.5. The molecule has 5 saturated carbocycles. The Hall–Kier alpha value is -0.280. The van der Waals surface area contributed by atoms with Crippen molar-refractivity contribution in [1.29, 1.82) is 0 Å². The van der Waals surface area contributed by atoms with E-state index in [0.29, 0.717) is 19.4 Å². The maximum absolute atomic E-state index is 12.2. The molecule has 0 aromatic rings. The maximum Gasteiger partial charge on any atom is 0.117 e. The quantitative estimate of drug-likeness (QED) is 0.519. The molecule has 7 nitrogen and oxygen atoms in total. The molecule has 9 fully saturated rings. The smallest absolute Gasteiger partial charge is 0.117 e. The van der Waals surface area contributed by atoms with Crippen molar-refractivity contribution in [3.63, 3.8) is 0 Å². The first kappa shape index (κ1) is 17.4. The van der Waals surface area contributed by atoms with Crippen LogP contribution in [0.4, 0.5) is 0 Å². The molecule has 4 aliphatic heterocycles. The van der Waals surface area contributed by atoms with Gasteiger partial charge in [-0.05, 0) is 37.5 Å². The predicted molar refractivity (Wildman–Crippen MR) is 96.1 cm³/mol. The van der Waals surface area contributed by atoms with Crippen molar-refractivity contribution < 1.29 is 29.5 Å². The van der Waals surface area contributed by atoms with Crippen LogP contribution < -0.4 is 5.32 Å².